The number of hydrogen-bond acceptors (Lipinski definition) is 0. The molecule has 1 nitrogen and oxygen atoms in total. The van der Waals surface area contributed by atoms with Crippen LogP contribution in [-0.2, 0) is 6.42 Å². The van der Waals surface area contributed by atoms with Crippen molar-refractivity contribution in [3.05, 3.63) is 416 Å². The van der Waals surface area contributed by atoms with Crippen LogP contribution in [0.2, 0.25) is 0 Å². The summed E-state index contributed by atoms with van der Waals surface area (Å²) in [5.41, 5.74) is 29.2. The summed E-state index contributed by atoms with van der Waals surface area (Å²) >= 11 is 3.60. The number of hydrogen-bond donors (Lipinski definition) is 0. The molecule has 2 heteroatoms. The first kappa shape index (κ1) is 65.6. The maximum atomic E-state index is 3.60. The lowest BCUT2D eigenvalue weighted by molar-refractivity contribution is 1.18. The van der Waals surface area contributed by atoms with Crippen molar-refractivity contribution in [2.45, 2.75) is 20.3 Å². The molecule has 0 radical (unpaired) electrons. The fraction of sp³-hybridized carbons (Fsp3) is 0.0291. The fourth-order valence-corrected chi connectivity index (χ4v) is 16.1. The Morgan fingerprint density at radius 1 is 0.200 bits per heavy atom. The van der Waals surface area contributed by atoms with Gasteiger partial charge >= 0.3 is 0 Å². The lowest BCUT2D eigenvalue weighted by Gasteiger charge is -2.19. The highest BCUT2D eigenvalue weighted by Gasteiger charge is 2.22. The Labute approximate surface area is 623 Å². The smallest absolute Gasteiger partial charge is 0.0547 e. The minimum absolute atomic E-state index is 1.06. The molecule has 0 bridgehead atoms. The van der Waals surface area contributed by atoms with Crippen LogP contribution < -0.4 is 0 Å². The molecule has 20 rings (SSSR count). The zero-order chi connectivity index (χ0) is 70.6. The Morgan fingerprint density at radius 2 is 0.495 bits per heavy atom. The van der Waals surface area contributed by atoms with E-state index in [2.05, 4.69) is 421 Å². The Balaban J connectivity index is 0.000000128. The lowest BCUT2D eigenvalue weighted by Crippen LogP contribution is -1.95. The molecule has 0 saturated carbocycles. The average Bonchev–Trinajstić information content (AvgIpc) is 1.69. The molecule has 105 heavy (non-hydrogen) atoms. The molecule has 0 saturated heterocycles. The SMILES string of the molecule is Brc1ccc(-c2c3ccccc3c(-c3ccccc3)c3cc(-c4ccccc4)ccc23)cc1.CC.c1ccc(-c2ccc3c(-c4ccc(-n5c6ccccc6c6ccc(-c7ccccc7)cc65)cc4)c4ccccc4c(-c4ccccc4)c3c2)cc1.c1ccc(-c2ccc3c(c2)Cc2ccccc2-3)cc1. The van der Waals surface area contributed by atoms with E-state index in [4.69, 9.17) is 0 Å². The van der Waals surface area contributed by atoms with E-state index in [1.165, 1.54) is 176 Å². The van der Waals surface area contributed by atoms with Crippen LogP contribution >= 0.6 is 15.9 Å². The van der Waals surface area contributed by atoms with Crippen LogP contribution in [0, 0.1) is 0 Å². The standard InChI is InChI=1S/C50H33N.C32H21Br.C19H14.C2H6/c1-4-14-34(15-5-1)38-27-31-45-46(32-38)50(36-18-8-3-9-19-36)44-22-11-10-21-43(44)49(45)37-24-28-40(29-25-37)51-47-23-13-12-20-41(47)42-30-26-39(33-48(42)51)35-16-6-2-7-17-35;33-26-18-15-24(16-19-26)31-27-13-7-8-14-28(27)32(23-11-5-2-6-12-23)30-21-25(17-20-29(30)31)22-9-3-1-4-10-22;1-2-6-14(7-3-1)15-10-11-19-17(12-15)13-16-8-4-5-9-18(16)19;1-2/h1-33H;1-21H;1-12H,13H2;1-2H3. The zero-order valence-corrected chi connectivity index (χ0v) is 60.2. The molecule has 0 unspecified atom stereocenters. The topological polar surface area (TPSA) is 4.93 Å². The second kappa shape index (κ2) is 29.3. The number of benzene rings is 18. The largest absolute Gasteiger partial charge is 0.309 e. The monoisotopic (exact) mass is 1400 g/mol. The van der Waals surface area contributed by atoms with Crippen LogP contribution in [0.25, 0.3) is 171 Å². The van der Waals surface area contributed by atoms with Crippen molar-refractivity contribution in [1.82, 2.24) is 4.57 Å². The van der Waals surface area contributed by atoms with Crippen LogP contribution in [0.5, 0.6) is 0 Å². The van der Waals surface area contributed by atoms with Gasteiger partial charge < -0.3 is 4.57 Å². The molecule has 0 fully saturated rings. The van der Waals surface area contributed by atoms with Crippen molar-refractivity contribution < 1.29 is 0 Å². The van der Waals surface area contributed by atoms with E-state index in [1.807, 2.05) is 13.8 Å². The minimum Gasteiger partial charge on any atom is -0.309 e. The highest BCUT2D eigenvalue weighted by Crippen LogP contribution is 2.48. The van der Waals surface area contributed by atoms with Gasteiger partial charge in [0.25, 0.3) is 0 Å². The molecule has 18 aromatic carbocycles. The van der Waals surface area contributed by atoms with Crippen LogP contribution in [0.3, 0.4) is 0 Å². The van der Waals surface area contributed by atoms with Gasteiger partial charge in [0.2, 0.25) is 0 Å². The molecule has 1 aliphatic rings. The third-order valence-corrected chi connectivity index (χ3v) is 21.1. The summed E-state index contributed by atoms with van der Waals surface area (Å²) in [6.45, 7) is 4.00. The van der Waals surface area contributed by atoms with Crippen molar-refractivity contribution in [3.63, 3.8) is 0 Å². The number of fused-ring (bicyclic) bond motifs is 10. The van der Waals surface area contributed by atoms with Gasteiger partial charge in [0.1, 0.15) is 0 Å². The number of rotatable bonds is 9. The van der Waals surface area contributed by atoms with Gasteiger partial charge in [0.15, 0.2) is 0 Å². The zero-order valence-electron chi connectivity index (χ0n) is 58.6. The quantitative estimate of drug-likeness (QED) is 0.127. The normalized spacial score (nSPS) is 11.3. The number of nitrogens with zero attached hydrogens (tertiary/aromatic N) is 1. The molecular weight excluding hydrogens is 1330 g/mol. The molecule has 498 valence electrons. The summed E-state index contributed by atoms with van der Waals surface area (Å²) in [5.74, 6) is 0. The molecule has 0 amide bonds. The van der Waals surface area contributed by atoms with E-state index < -0.39 is 0 Å². The van der Waals surface area contributed by atoms with Crippen LogP contribution in [0.1, 0.15) is 25.0 Å². The van der Waals surface area contributed by atoms with Crippen LogP contribution in [0.4, 0.5) is 0 Å². The number of para-hydroxylation sites is 1. The van der Waals surface area contributed by atoms with Gasteiger partial charge in [-0.25, -0.2) is 0 Å². The summed E-state index contributed by atoms with van der Waals surface area (Å²) in [6, 6.07) is 145. The summed E-state index contributed by atoms with van der Waals surface area (Å²) < 4.78 is 3.51. The van der Waals surface area contributed by atoms with Crippen molar-refractivity contribution in [2.24, 2.45) is 0 Å². The Hall–Kier alpha value is -12.7. The first-order valence-corrected chi connectivity index (χ1v) is 37.2. The molecular formula is C103H74BrN. The van der Waals surface area contributed by atoms with Gasteiger partial charge in [-0.3, -0.25) is 0 Å². The predicted octanol–water partition coefficient (Wildman–Crippen LogP) is 29.5. The second-order valence-corrected chi connectivity index (χ2v) is 27.6. The number of aromatic nitrogens is 1. The molecule has 0 spiro atoms. The number of halogens is 1. The molecule has 0 aliphatic heterocycles. The third-order valence-electron chi connectivity index (χ3n) is 20.6. The highest BCUT2D eigenvalue weighted by atomic mass is 79.9. The molecule has 19 aromatic rings. The molecule has 0 N–H and O–H groups in total. The van der Waals surface area contributed by atoms with Crippen molar-refractivity contribution in [1.29, 1.82) is 0 Å². The molecule has 0 atom stereocenters. The maximum Gasteiger partial charge on any atom is 0.0547 e. The first-order chi connectivity index (χ1) is 52.0. The minimum atomic E-state index is 1.06. The van der Waals surface area contributed by atoms with Crippen molar-refractivity contribution in [2.75, 3.05) is 0 Å². The van der Waals surface area contributed by atoms with Gasteiger partial charge in [-0.2, -0.15) is 0 Å². The first-order valence-electron chi connectivity index (χ1n) is 36.4. The van der Waals surface area contributed by atoms with Gasteiger partial charge in [-0.1, -0.05) is 382 Å². The Kier molecular flexibility index (Phi) is 18.3. The summed E-state index contributed by atoms with van der Waals surface area (Å²) in [6.07, 6.45) is 1.06. The van der Waals surface area contributed by atoms with E-state index in [0.29, 0.717) is 0 Å². The van der Waals surface area contributed by atoms with Gasteiger partial charge in [0.05, 0.1) is 11.0 Å². The maximum absolute atomic E-state index is 3.60. The van der Waals surface area contributed by atoms with Gasteiger partial charge in [0, 0.05) is 20.9 Å². The van der Waals surface area contributed by atoms with Crippen molar-refractivity contribution in [3.8, 4) is 106 Å². The van der Waals surface area contributed by atoms with E-state index in [1.54, 1.807) is 0 Å². The molecule has 1 heterocycles. The van der Waals surface area contributed by atoms with E-state index in [-0.39, 0.29) is 0 Å². The van der Waals surface area contributed by atoms with Gasteiger partial charge in [-0.05, 0) is 209 Å². The highest BCUT2D eigenvalue weighted by molar-refractivity contribution is 9.10. The Bertz CT molecular complexity index is 6330. The van der Waals surface area contributed by atoms with E-state index in [0.717, 1.165) is 16.6 Å². The van der Waals surface area contributed by atoms with E-state index in [9.17, 15) is 0 Å². The second-order valence-electron chi connectivity index (χ2n) is 26.7. The fourth-order valence-electron chi connectivity index (χ4n) is 15.8. The summed E-state index contributed by atoms with van der Waals surface area (Å²) in [4.78, 5) is 0. The molecule has 1 aliphatic carbocycles. The lowest BCUT2D eigenvalue weighted by atomic mass is 9.85. The van der Waals surface area contributed by atoms with E-state index >= 15 is 0 Å². The molecule has 1 aromatic heterocycles. The summed E-state index contributed by atoms with van der Waals surface area (Å²) in [7, 11) is 0. The van der Waals surface area contributed by atoms with Gasteiger partial charge in [-0.15, -0.1) is 0 Å². The van der Waals surface area contributed by atoms with Crippen LogP contribution in [0.15, 0.2) is 405 Å². The third kappa shape index (κ3) is 12.7. The Morgan fingerprint density at radius 3 is 0.952 bits per heavy atom. The summed E-state index contributed by atoms with van der Waals surface area (Å²) in [5, 5.41) is 12.7. The van der Waals surface area contributed by atoms with Crippen LogP contribution in [-0.4, -0.2) is 4.57 Å². The van der Waals surface area contributed by atoms with Crippen molar-refractivity contribution >= 4 is 80.8 Å². The predicted molar refractivity (Wildman–Crippen MR) is 454 cm³/mol. The average molecular weight is 1410 g/mol.